The van der Waals surface area contributed by atoms with Crippen LogP contribution < -0.4 is 14.4 Å². The van der Waals surface area contributed by atoms with Gasteiger partial charge in [0.25, 0.3) is 5.91 Å². The number of fused-ring (bicyclic) bond motifs is 1. The van der Waals surface area contributed by atoms with Crippen LogP contribution in [0.15, 0.2) is 91.0 Å². The van der Waals surface area contributed by atoms with Gasteiger partial charge < -0.3 is 10.1 Å². The van der Waals surface area contributed by atoms with Crippen LogP contribution >= 0.6 is 0 Å². The Hall–Kier alpha value is -3.84. The summed E-state index contributed by atoms with van der Waals surface area (Å²) in [6.07, 6.45) is 1.20. The Labute approximate surface area is 206 Å². The highest BCUT2D eigenvalue weighted by Crippen LogP contribution is 2.25. The molecule has 4 aromatic carbocycles. The molecule has 6 nitrogen and oxygen atoms in total. The van der Waals surface area contributed by atoms with E-state index >= 15 is 0 Å². The molecule has 0 unspecified atom stereocenters. The highest BCUT2D eigenvalue weighted by Gasteiger charge is 2.18. The molecule has 1 amide bonds. The number of ether oxygens (including phenoxy) is 1. The number of carbonyl (C=O) groups excluding carboxylic acids is 1. The zero-order valence-corrected chi connectivity index (χ0v) is 20.6. The average molecular weight is 489 g/mol. The summed E-state index contributed by atoms with van der Waals surface area (Å²) in [5.74, 6) is 0.590. The molecule has 0 saturated carbocycles. The van der Waals surface area contributed by atoms with Gasteiger partial charge in [0.15, 0.2) is 0 Å². The lowest BCUT2D eigenvalue weighted by molar-refractivity contribution is 0.0947. The lowest BCUT2D eigenvalue weighted by Gasteiger charge is -2.23. The van der Waals surface area contributed by atoms with E-state index in [4.69, 9.17) is 4.74 Å². The van der Waals surface area contributed by atoms with E-state index in [0.717, 1.165) is 27.6 Å². The minimum absolute atomic E-state index is 0.170. The number of aryl methyl sites for hydroxylation is 1. The third-order valence-corrected chi connectivity index (χ3v) is 6.84. The molecule has 0 aliphatic rings. The van der Waals surface area contributed by atoms with Crippen LogP contribution in [0.4, 0.5) is 5.69 Å². The summed E-state index contributed by atoms with van der Waals surface area (Å²) in [6.45, 7) is 2.88. The number of carbonyl (C=O) groups is 1. The van der Waals surface area contributed by atoms with E-state index in [2.05, 4.69) is 5.32 Å². The van der Waals surface area contributed by atoms with Crippen LogP contribution in [0.5, 0.6) is 5.75 Å². The Morgan fingerprint density at radius 2 is 1.57 bits per heavy atom. The van der Waals surface area contributed by atoms with Crippen molar-refractivity contribution < 1.29 is 17.9 Å². The van der Waals surface area contributed by atoms with Crippen molar-refractivity contribution in [3.05, 3.63) is 108 Å². The van der Waals surface area contributed by atoms with E-state index in [9.17, 15) is 13.2 Å². The number of amides is 1. The molecule has 0 fully saturated rings. The predicted molar refractivity (Wildman–Crippen MR) is 140 cm³/mol. The molecule has 0 saturated heterocycles. The van der Waals surface area contributed by atoms with Gasteiger partial charge >= 0.3 is 0 Å². The molecule has 0 heterocycles. The molecule has 180 valence electrons. The zero-order chi connectivity index (χ0) is 24.8. The molecule has 35 heavy (non-hydrogen) atoms. The summed E-state index contributed by atoms with van der Waals surface area (Å²) in [7, 11) is -3.51. The quantitative estimate of drug-likeness (QED) is 0.339. The lowest BCUT2D eigenvalue weighted by Crippen LogP contribution is -2.29. The van der Waals surface area contributed by atoms with Gasteiger partial charge in [-0.1, -0.05) is 60.7 Å². The number of rotatable bonds is 9. The van der Waals surface area contributed by atoms with Gasteiger partial charge in [-0.2, -0.15) is 0 Å². The number of benzene rings is 4. The van der Waals surface area contributed by atoms with Crippen LogP contribution in [0.25, 0.3) is 10.8 Å². The molecule has 0 atom stereocenters. The number of anilines is 1. The van der Waals surface area contributed by atoms with Crippen LogP contribution in [0.2, 0.25) is 0 Å². The van der Waals surface area contributed by atoms with Gasteiger partial charge in [0.1, 0.15) is 12.4 Å². The van der Waals surface area contributed by atoms with Crippen molar-refractivity contribution in [1.82, 2.24) is 5.32 Å². The number of para-hydroxylation sites is 1. The molecule has 0 aromatic heterocycles. The first-order valence-corrected chi connectivity index (χ1v) is 13.2. The van der Waals surface area contributed by atoms with Crippen molar-refractivity contribution >= 4 is 32.4 Å². The fourth-order valence-corrected chi connectivity index (χ4v) is 4.69. The first kappa shape index (κ1) is 24.3. The minimum Gasteiger partial charge on any atom is -0.491 e. The smallest absolute Gasteiger partial charge is 0.251 e. The Morgan fingerprint density at radius 1 is 0.886 bits per heavy atom. The maximum Gasteiger partial charge on any atom is 0.251 e. The van der Waals surface area contributed by atoms with Gasteiger partial charge in [-0.25, -0.2) is 8.42 Å². The number of nitrogens with one attached hydrogen (secondary N) is 1. The molecule has 7 heteroatoms. The molecule has 0 aliphatic heterocycles. The van der Waals surface area contributed by atoms with E-state index in [1.807, 2.05) is 73.7 Å². The highest BCUT2D eigenvalue weighted by atomic mass is 32.2. The molecular formula is C28H28N2O4S. The van der Waals surface area contributed by atoms with Gasteiger partial charge in [0.05, 0.1) is 25.0 Å². The summed E-state index contributed by atoms with van der Waals surface area (Å²) in [5, 5.41) is 4.86. The summed E-state index contributed by atoms with van der Waals surface area (Å²) in [4.78, 5) is 12.5. The molecule has 4 rings (SSSR count). The second-order valence-corrected chi connectivity index (χ2v) is 10.3. The standard InChI is InChI=1S/C28H28N2O4S/c1-21-7-3-6-10-27(21)34-18-17-29-28(31)24-13-11-22(12-14-24)20-30(35(2,32)33)26-16-15-23-8-4-5-9-25(23)19-26/h3-16,19H,17-18,20H2,1-2H3,(H,29,31). The molecule has 0 spiro atoms. The van der Waals surface area contributed by atoms with Crippen molar-refractivity contribution in [3.63, 3.8) is 0 Å². The maximum absolute atomic E-state index is 12.6. The summed E-state index contributed by atoms with van der Waals surface area (Å²) in [5.41, 5.74) is 2.92. The van der Waals surface area contributed by atoms with Crippen LogP contribution in [-0.4, -0.2) is 33.7 Å². The van der Waals surface area contributed by atoms with Crippen LogP contribution in [0.1, 0.15) is 21.5 Å². The monoisotopic (exact) mass is 488 g/mol. The van der Waals surface area contributed by atoms with E-state index in [-0.39, 0.29) is 12.5 Å². The number of hydrogen-bond donors (Lipinski definition) is 1. The van der Waals surface area contributed by atoms with Crippen LogP contribution in [-0.2, 0) is 16.6 Å². The highest BCUT2D eigenvalue weighted by molar-refractivity contribution is 7.92. The second-order valence-electron chi connectivity index (χ2n) is 8.37. The Balaban J connectivity index is 1.39. The molecular weight excluding hydrogens is 460 g/mol. The topological polar surface area (TPSA) is 75.7 Å². The fourth-order valence-electron chi connectivity index (χ4n) is 3.81. The van der Waals surface area contributed by atoms with E-state index in [1.165, 1.54) is 10.6 Å². The SMILES string of the molecule is Cc1ccccc1OCCNC(=O)c1ccc(CN(c2ccc3ccccc3c2)S(C)(=O)=O)cc1. The van der Waals surface area contributed by atoms with Crippen molar-refractivity contribution in [2.45, 2.75) is 13.5 Å². The second kappa shape index (κ2) is 10.6. The Morgan fingerprint density at radius 3 is 2.29 bits per heavy atom. The predicted octanol–water partition coefficient (Wildman–Crippen LogP) is 4.92. The van der Waals surface area contributed by atoms with Crippen molar-refractivity contribution in [2.75, 3.05) is 23.7 Å². The van der Waals surface area contributed by atoms with Gasteiger partial charge in [-0.05, 0) is 59.2 Å². The molecule has 0 radical (unpaired) electrons. The first-order chi connectivity index (χ1) is 16.8. The maximum atomic E-state index is 12.6. The molecule has 0 aliphatic carbocycles. The number of nitrogens with zero attached hydrogens (tertiary/aromatic N) is 1. The van der Waals surface area contributed by atoms with E-state index < -0.39 is 10.0 Å². The normalized spacial score (nSPS) is 11.3. The van der Waals surface area contributed by atoms with E-state index in [1.54, 1.807) is 24.3 Å². The third-order valence-electron chi connectivity index (χ3n) is 5.70. The van der Waals surface area contributed by atoms with E-state index in [0.29, 0.717) is 24.4 Å². The molecule has 4 aromatic rings. The number of hydrogen-bond acceptors (Lipinski definition) is 4. The van der Waals surface area contributed by atoms with Gasteiger partial charge in [-0.3, -0.25) is 9.10 Å². The lowest BCUT2D eigenvalue weighted by atomic mass is 10.1. The largest absolute Gasteiger partial charge is 0.491 e. The van der Waals surface area contributed by atoms with Gasteiger partial charge in [-0.15, -0.1) is 0 Å². The number of sulfonamides is 1. The Kier molecular flexibility index (Phi) is 7.36. The van der Waals surface area contributed by atoms with Gasteiger partial charge in [0, 0.05) is 5.56 Å². The average Bonchev–Trinajstić information content (AvgIpc) is 2.85. The van der Waals surface area contributed by atoms with Crippen molar-refractivity contribution in [2.24, 2.45) is 0 Å². The summed E-state index contributed by atoms with van der Waals surface area (Å²) in [6, 6.07) is 28.1. The summed E-state index contributed by atoms with van der Waals surface area (Å²) >= 11 is 0. The first-order valence-electron chi connectivity index (χ1n) is 11.3. The van der Waals surface area contributed by atoms with Crippen molar-refractivity contribution in [3.8, 4) is 5.75 Å². The zero-order valence-electron chi connectivity index (χ0n) is 19.8. The van der Waals surface area contributed by atoms with Crippen molar-refractivity contribution in [1.29, 1.82) is 0 Å². The third kappa shape index (κ3) is 6.19. The Bertz CT molecular complexity index is 1430. The van der Waals surface area contributed by atoms with Gasteiger partial charge in [0.2, 0.25) is 10.0 Å². The van der Waals surface area contributed by atoms with Crippen LogP contribution in [0.3, 0.4) is 0 Å². The molecule has 0 bridgehead atoms. The molecule has 1 N–H and O–H groups in total. The summed E-state index contributed by atoms with van der Waals surface area (Å²) < 4.78 is 32.2. The fraction of sp³-hybridized carbons (Fsp3) is 0.179. The minimum atomic E-state index is -3.51. The van der Waals surface area contributed by atoms with Crippen LogP contribution in [0, 0.1) is 6.92 Å².